The standard InChI is InChI=1S/C25H18F5N3O4/c26-16-4-2-15(3-5-16)22(35)31-13-24(25(28,29)30)19-11-14(1-10-20(19)33-23(36)37-24)12-21(34)32-18-8-6-17(27)7-9-18/h1-11H,12-13H2,(H,31,35)(H,32,34)(H,33,36). The van der Waals surface area contributed by atoms with Gasteiger partial charge < -0.3 is 15.4 Å². The molecule has 0 radical (unpaired) electrons. The van der Waals surface area contributed by atoms with Gasteiger partial charge in [-0.15, -0.1) is 0 Å². The van der Waals surface area contributed by atoms with Crippen LogP contribution in [0.25, 0.3) is 0 Å². The summed E-state index contributed by atoms with van der Waals surface area (Å²) in [5.74, 6) is -2.69. The van der Waals surface area contributed by atoms with E-state index >= 15 is 0 Å². The van der Waals surface area contributed by atoms with Crippen molar-refractivity contribution in [2.75, 3.05) is 17.2 Å². The normalized spacial score (nSPS) is 16.7. The highest BCUT2D eigenvalue weighted by Crippen LogP contribution is 2.47. The molecule has 192 valence electrons. The van der Waals surface area contributed by atoms with Gasteiger partial charge in [0.25, 0.3) is 11.5 Å². The van der Waals surface area contributed by atoms with Gasteiger partial charge >= 0.3 is 12.3 Å². The molecule has 0 bridgehead atoms. The van der Waals surface area contributed by atoms with E-state index < -0.39 is 53.4 Å². The number of carbonyl (C=O) groups excluding carboxylic acids is 3. The van der Waals surface area contributed by atoms with Crippen LogP contribution >= 0.6 is 0 Å². The van der Waals surface area contributed by atoms with E-state index in [2.05, 4.69) is 16.0 Å². The molecule has 3 aromatic rings. The summed E-state index contributed by atoms with van der Waals surface area (Å²) in [6.07, 6.45) is -6.92. The number of cyclic esters (lactones) is 1. The van der Waals surface area contributed by atoms with Crippen molar-refractivity contribution in [3.63, 3.8) is 0 Å². The smallest absolute Gasteiger partial charge is 0.426 e. The summed E-state index contributed by atoms with van der Waals surface area (Å²) in [5, 5.41) is 6.79. The average molecular weight is 519 g/mol. The minimum Gasteiger partial charge on any atom is -0.426 e. The van der Waals surface area contributed by atoms with Gasteiger partial charge in [0.15, 0.2) is 0 Å². The van der Waals surface area contributed by atoms with Gasteiger partial charge in [0.2, 0.25) is 5.91 Å². The molecule has 1 aliphatic rings. The Labute approximate surface area is 206 Å². The van der Waals surface area contributed by atoms with Gasteiger partial charge in [0.1, 0.15) is 11.6 Å². The number of hydrogen-bond acceptors (Lipinski definition) is 4. The lowest BCUT2D eigenvalue weighted by atomic mass is 9.87. The summed E-state index contributed by atoms with van der Waals surface area (Å²) in [4.78, 5) is 36.9. The Morgan fingerprint density at radius 3 is 2.16 bits per heavy atom. The van der Waals surface area contributed by atoms with Gasteiger partial charge in [0, 0.05) is 16.8 Å². The maximum absolute atomic E-state index is 14.5. The van der Waals surface area contributed by atoms with Gasteiger partial charge in [0.05, 0.1) is 18.7 Å². The monoisotopic (exact) mass is 519 g/mol. The molecule has 1 heterocycles. The summed E-state index contributed by atoms with van der Waals surface area (Å²) in [6.45, 7) is -1.18. The molecule has 7 nitrogen and oxygen atoms in total. The second kappa shape index (κ2) is 9.88. The Morgan fingerprint density at radius 1 is 0.919 bits per heavy atom. The number of nitrogens with one attached hydrogen (secondary N) is 3. The van der Waals surface area contributed by atoms with E-state index in [0.717, 1.165) is 42.5 Å². The summed E-state index contributed by atoms with van der Waals surface area (Å²) in [5.41, 5.74) is -3.68. The first kappa shape index (κ1) is 25.6. The van der Waals surface area contributed by atoms with E-state index in [9.17, 15) is 36.3 Å². The molecule has 0 saturated carbocycles. The molecule has 0 saturated heterocycles. The Morgan fingerprint density at radius 2 is 1.54 bits per heavy atom. The first-order valence-corrected chi connectivity index (χ1v) is 10.8. The number of halogens is 5. The Hall–Kier alpha value is -4.48. The zero-order valence-electron chi connectivity index (χ0n) is 18.8. The van der Waals surface area contributed by atoms with Crippen molar-refractivity contribution in [3.8, 4) is 0 Å². The number of alkyl halides is 3. The highest BCUT2D eigenvalue weighted by molar-refractivity contribution is 5.95. The molecule has 3 aromatic carbocycles. The third kappa shape index (κ3) is 5.52. The fourth-order valence-electron chi connectivity index (χ4n) is 3.77. The van der Waals surface area contributed by atoms with Crippen LogP contribution in [-0.2, 0) is 21.6 Å². The molecule has 4 rings (SSSR count). The molecular weight excluding hydrogens is 501 g/mol. The minimum absolute atomic E-state index is 0.106. The number of anilines is 2. The number of benzene rings is 3. The van der Waals surface area contributed by atoms with Gasteiger partial charge in [-0.2, -0.15) is 13.2 Å². The van der Waals surface area contributed by atoms with E-state index in [1.807, 2.05) is 0 Å². The van der Waals surface area contributed by atoms with Crippen LogP contribution in [-0.4, -0.2) is 30.6 Å². The van der Waals surface area contributed by atoms with Gasteiger partial charge in [-0.1, -0.05) is 6.07 Å². The number of rotatable bonds is 6. The Balaban J connectivity index is 1.62. The van der Waals surface area contributed by atoms with Gasteiger partial charge in [-0.3, -0.25) is 14.9 Å². The minimum atomic E-state index is -5.18. The van der Waals surface area contributed by atoms with E-state index in [0.29, 0.717) is 0 Å². The highest BCUT2D eigenvalue weighted by atomic mass is 19.4. The molecule has 37 heavy (non-hydrogen) atoms. The second-order valence-corrected chi connectivity index (χ2v) is 8.14. The van der Waals surface area contributed by atoms with Crippen LogP contribution in [0.2, 0.25) is 0 Å². The fraction of sp³-hybridized carbons (Fsp3) is 0.160. The van der Waals surface area contributed by atoms with Crippen molar-refractivity contribution < 1.29 is 41.1 Å². The van der Waals surface area contributed by atoms with Crippen molar-refractivity contribution in [1.82, 2.24) is 5.32 Å². The molecule has 3 N–H and O–H groups in total. The fourth-order valence-corrected chi connectivity index (χ4v) is 3.77. The summed E-state index contributed by atoms with van der Waals surface area (Å²) in [7, 11) is 0. The van der Waals surface area contributed by atoms with Crippen LogP contribution in [0.1, 0.15) is 21.5 Å². The van der Waals surface area contributed by atoms with Crippen LogP contribution in [0.4, 0.5) is 38.1 Å². The molecule has 1 atom stereocenters. The number of carbonyl (C=O) groups is 3. The van der Waals surface area contributed by atoms with Crippen LogP contribution in [0, 0.1) is 11.6 Å². The first-order valence-electron chi connectivity index (χ1n) is 10.8. The molecule has 1 unspecified atom stereocenters. The highest BCUT2D eigenvalue weighted by Gasteiger charge is 2.62. The molecule has 0 spiro atoms. The van der Waals surface area contributed by atoms with E-state index in [1.165, 1.54) is 24.3 Å². The predicted octanol–water partition coefficient (Wildman–Crippen LogP) is 4.90. The first-order chi connectivity index (χ1) is 17.5. The van der Waals surface area contributed by atoms with Gasteiger partial charge in [-0.25, -0.2) is 13.6 Å². The summed E-state index contributed by atoms with van der Waals surface area (Å²) in [6, 6.07) is 12.6. The van der Waals surface area contributed by atoms with Crippen molar-refractivity contribution >= 4 is 29.3 Å². The number of ether oxygens (including phenoxy) is 1. The molecular formula is C25H18F5N3O4. The van der Waals surface area contributed by atoms with Crippen LogP contribution < -0.4 is 16.0 Å². The zero-order chi connectivity index (χ0) is 26.8. The molecule has 0 aliphatic carbocycles. The Bertz CT molecular complexity index is 1340. The van der Waals surface area contributed by atoms with Crippen LogP contribution in [0.3, 0.4) is 0 Å². The van der Waals surface area contributed by atoms with Crippen LogP contribution in [0.5, 0.6) is 0 Å². The molecule has 12 heteroatoms. The molecule has 0 fully saturated rings. The molecule has 3 amide bonds. The SMILES string of the molecule is O=C(Cc1ccc2c(c1)C(CNC(=O)c1ccc(F)cc1)(C(F)(F)F)OC(=O)N2)Nc1ccc(F)cc1. The third-order valence-corrected chi connectivity index (χ3v) is 5.58. The summed E-state index contributed by atoms with van der Waals surface area (Å²) < 4.78 is 74.3. The number of amides is 3. The van der Waals surface area contributed by atoms with Crippen molar-refractivity contribution in [1.29, 1.82) is 0 Å². The topological polar surface area (TPSA) is 96.5 Å². The maximum Gasteiger partial charge on any atom is 0.434 e. The van der Waals surface area contributed by atoms with Crippen LogP contribution in [0.15, 0.2) is 66.7 Å². The Kier molecular flexibility index (Phi) is 6.84. The number of fused-ring (bicyclic) bond motifs is 1. The van der Waals surface area contributed by atoms with Crippen molar-refractivity contribution in [2.24, 2.45) is 0 Å². The lowest BCUT2D eigenvalue weighted by Crippen LogP contribution is -2.56. The summed E-state index contributed by atoms with van der Waals surface area (Å²) >= 11 is 0. The third-order valence-electron chi connectivity index (χ3n) is 5.58. The lowest BCUT2D eigenvalue weighted by Gasteiger charge is -2.39. The largest absolute Gasteiger partial charge is 0.434 e. The second-order valence-electron chi connectivity index (χ2n) is 8.14. The molecule has 0 aromatic heterocycles. The van der Waals surface area contributed by atoms with E-state index in [4.69, 9.17) is 4.74 Å². The quantitative estimate of drug-likeness (QED) is 0.404. The number of hydrogen-bond donors (Lipinski definition) is 3. The zero-order valence-corrected chi connectivity index (χ0v) is 18.8. The predicted molar refractivity (Wildman–Crippen MR) is 122 cm³/mol. The van der Waals surface area contributed by atoms with E-state index in [-0.39, 0.29) is 28.9 Å². The van der Waals surface area contributed by atoms with E-state index in [1.54, 1.807) is 0 Å². The van der Waals surface area contributed by atoms with Crippen molar-refractivity contribution in [3.05, 3.63) is 95.1 Å². The molecule has 1 aliphatic heterocycles. The lowest BCUT2D eigenvalue weighted by molar-refractivity contribution is -0.261. The van der Waals surface area contributed by atoms with Crippen molar-refractivity contribution in [2.45, 2.75) is 18.2 Å². The van der Waals surface area contributed by atoms with Gasteiger partial charge in [-0.05, 0) is 66.2 Å². The average Bonchev–Trinajstić information content (AvgIpc) is 2.83. The maximum atomic E-state index is 14.5.